The maximum atomic E-state index is 11.7. The lowest BCUT2D eigenvalue weighted by Crippen LogP contribution is -2.11. The van der Waals surface area contributed by atoms with Crippen LogP contribution in [0.1, 0.15) is 77.0 Å². The number of benzene rings is 1. The highest BCUT2D eigenvalue weighted by Crippen LogP contribution is 2.35. The Morgan fingerprint density at radius 3 is 2.32 bits per heavy atom. The molecule has 1 aromatic rings. The molecule has 1 unspecified atom stereocenters. The normalized spacial score (nSPS) is 18.3. The number of esters is 1. The third kappa shape index (κ3) is 4.22. The van der Waals surface area contributed by atoms with E-state index in [0.717, 1.165) is 24.0 Å². The molecule has 120 valence electrons. The minimum absolute atomic E-state index is 0.143. The standard InChI is InChI=1S/C20H28O2/c1-5-6-7-8-9-16-14-18(21)22-19(16)15-10-12-17(13-11-15)20(2,3)4/h10-14,19H,5-9H2,1-4H3. The average molecular weight is 300 g/mol. The van der Waals surface area contributed by atoms with Crippen LogP contribution in [0.15, 0.2) is 35.9 Å². The topological polar surface area (TPSA) is 26.3 Å². The van der Waals surface area contributed by atoms with Gasteiger partial charge in [0.25, 0.3) is 0 Å². The number of carbonyl (C=O) groups excluding carboxylic acids is 1. The van der Waals surface area contributed by atoms with Gasteiger partial charge in [-0.25, -0.2) is 4.79 Å². The van der Waals surface area contributed by atoms with Crippen LogP contribution in [-0.4, -0.2) is 5.97 Å². The molecule has 0 bridgehead atoms. The Labute approximate surface area is 134 Å². The highest BCUT2D eigenvalue weighted by atomic mass is 16.5. The van der Waals surface area contributed by atoms with E-state index in [1.54, 1.807) is 6.08 Å². The number of carbonyl (C=O) groups is 1. The fraction of sp³-hybridized carbons (Fsp3) is 0.550. The van der Waals surface area contributed by atoms with Gasteiger partial charge in [0.2, 0.25) is 0 Å². The SMILES string of the molecule is CCCCCCC1=CC(=O)OC1c1ccc(C(C)(C)C)cc1. The van der Waals surface area contributed by atoms with E-state index in [2.05, 4.69) is 52.0 Å². The summed E-state index contributed by atoms with van der Waals surface area (Å²) < 4.78 is 5.51. The Hall–Kier alpha value is -1.57. The lowest BCUT2D eigenvalue weighted by atomic mass is 9.86. The van der Waals surface area contributed by atoms with Gasteiger partial charge in [-0.05, 0) is 35.0 Å². The summed E-state index contributed by atoms with van der Waals surface area (Å²) in [5.41, 5.74) is 3.66. The number of ether oxygens (including phenoxy) is 1. The van der Waals surface area contributed by atoms with E-state index in [1.807, 2.05) is 0 Å². The summed E-state index contributed by atoms with van der Waals surface area (Å²) in [6, 6.07) is 8.50. The highest BCUT2D eigenvalue weighted by molar-refractivity contribution is 5.86. The molecule has 1 aromatic carbocycles. The number of rotatable bonds is 6. The molecular weight excluding hydrogens is 272 g/mol. The first-order valence-corrected chi connectivity index (χ1v) is 8.43. The lowest BCUT2D eigenvalue weighted by molar-refractivity contribution is -0.139. The van der Waals surface area contributed by atoms with Crippen molar-refractivity contribution in [2.75, 3.05) is 0 Å². The van der Waals surface area contributed by atoms with Crippen molar-refractivity contribution in [3.8, 4) is 0 Å². The van der Waals surface area contributed by atoms with Crippen molar-refractivity contribution in [3.05, 3.63) is 47.0 Å². The minimum Gasteiger partial charge on any atom is -0.450 e. The van der Waals surface area contributed by atoms with Crippen molar-refractivity contribution in [2.45, 2.75) is 71.3 Å². The third-order valence-corrected chi connectivity index (χ3v) is 4.27. The monoisotopic (exact) mass is 300 g/mol. The molecule has 0 saturated carbocycles. The van der Waals surface area contributed by atoms with Gasteiger partial charge in [-0.15, -0.1) is 0 Å². The number of cyclic esters (lactones) is 1. The molecule has 1 heterocycles. The predicted octanol–water partition coefficient (Wildman–Crippen LogP) is 5.48. The Morgan fingerprint density at radius 1 is 1.05 bits per heavy atom. The van der Waals surface area contributed by atoms with E-state index < -0.39 is 0 Å². The average Bonchev–Trinajstić information content (AvgIpc) is 2.84. The molecule has 0 saturated heterocycles. The summed E-state index contributed by atoms with van der Waals surface area (Å²) in [5.74, 6) is -0.199. The molecule has 1 atom stereocenters. The Kier molecular flexibility index (Phi) is 5.44. The van der Waals surface area contributed by atoms with Crippen LogP contribution in [0.25, 0.3) is 0 Å². The van der Waals surface area contributed by atoms with E-state index >= 15 is 0 Å². The summed E-state index contributed by atoms with van der Waals surface area (Å²) in [7, 11) is 0. The van der Waals surface area contributed by atoms with Crippen molar-refractivity contribution in [2.24, 2.45) is 0 Å². The molecule has 22 heavy (non-hydrogen) atoms. The summed E-state index contributed by atoms with van der Waals surface area (Å²) in [4.78, 5) is 11.7. The molecular formula is C20H28O2. The number of hydrogen-bond donors (Lipinski definition) is 0. The Morgan fingerprint density at radius 2 is 1.73 bits per heavy atom. The van der Waals surface area contributed by atoms with Crippen molar-refractivity contribution in [1.29, 1.82) is 0 Å². The van der Waals surface area contributed by atoms with Crippen molar-refractivity contribution >= 4 is 5.97 Å². The van der Waals surface area contributed by atoms with Crippen LogP contribution in [-0.2, 0) is 14.9 Å². The van der Waals surface area contributed by atoms with Gasteiger partial charge in [0.15, 0.2) is 0 Å². The van der Waals surface area contributed by atoms with Gasteiger partial charge in [-0.1, -0.05) is 71.2 Å². The fourth-order valence-corrected chi connectivity index (χ4v) is 2.85. The third-order valence-electron chi connectivity index (χ3n) is 4.27. The van der Waals surface area contributed by atoms with Gasteiger partial charge < -0.3 is 4.74 Å². The van der Waals surface area contributed by atoms with Crippen molar-refractivity contribution in [1.82, 2.24) is 0 Å². The summed E-state index contributed by atoms with van der Waals surface area (Å²) in [5, 5.41) is 0. The molecule has 2 rings (SSSR count). The largest absolute Gasteiger partial charge is 0.450 e. The van der Waals surface area contributed by atoms with Gasteiger partial charge in [0.05, 0.1) is 0 Å². The van der Waals surface area contributed by atoms with Gasteiger partial charge in [-0.3, -0.25) is 0 Å². The van der Waals surface area contributed by atoms with Crippen LogP contribution in [0, 0.1) is 0 Å². The molecule has 2 nitrogen and oxygen atoms in total. The second-order valence-corrected chi connectivity index (χ2v) is 7.22. The fourth-order valence-electron chi connectivity index (χ4n) is 2.85. The van der Waals surface area contributed by atoms with Crippen LogP contribution in [0.5, 0.6) is 0 Å². The second-order valence-electron chi connectivity index (χ2n) is 7.22. The second kappa shape index (κ2) is 7.13. The Balaban J connectivity index is 2.06. The predicted molar refractivity (Wildman–Crippen MR) is 90.8 cm³/mol. The smallest absolute Gasteiger partial charge is 0.331 e. The quantitative estimate of drug-likeness (QED) is 0.513. The van der Waals surface area contributed by atoms with Gasteiger partial charge >= 0.3 is 5.97 Å². The molecule has 0 N–H and O–H groups in total. The molecule has 0 radical (unpaired) electrons. The maximum Gasteiger partial charge on any atom is 0.331 e. The van der Waals surface area contributed by atoms with E-state index in [4.69, 9.17) is 4.74 Å². The number of hydrogen-bond acceptors (Lipinski definition) is 2. The molecule has 2 heteroatoms. The van der Waals surface area contributed by atoms with Gasteiger partial charge in [0, 0.05) is 6.08 Å². The Bertz CT molecular complexity index is 532. The summed E-state index contributed by atoms with van der Waals surface area (Å²) >= 11 is 0. The number of unbranched alkanes of at least 4 members (excludes halogenated alkanes) is 3. The first-order chi connectivity index (χ1) is 10.4. The molecule has 0 aromatic heterocycles. The van der Waals surface area contributed by atoms with Crippen LogP contribution in [0.2, 0.25) is 0 Å². The van der Waals surface area contributed by atoms with E-state index in [0.29, 0.717) is 0 Å². The van der Waals surface area contributed by atoms with Crippen molar-refractivity contribution < 1.29 is 9.53 Å². The molecule has 1 aliphatic heterocycles. The minimum atomic E-state index is -0.199. The van der Waals surface area contributed by atoms with Crippen LogP contribution < -0.4 is 0 Å². The van der Waals surface area contributed by atoms with Gasteiger partial charge in [0.1, 0.15) is 6.10 Å². The van der Waals surface area contributed by atoms with Crippen LogP contribution >= 0.6 is 0 Å². The van der Waals surface area contributed by atoms with E-state index in [-0.39, 0.29) is 17.5 Å². The van der Waals surface area contributed by atoms with Gasteiger partial charge in [-0.2, -0.15) is 0 Å². The van der Waals surface area contributed by atoms with Crippen LogP contribution in [0.4, 0.5) is 0 Å². The highest BCUT2D eigenvalue weighted by Gasteiger charge is 2.27. The molecule has 0 amide bonds. The molecule has 0 fully saturated rings. The lowest BCUT2D eigenvalue weighted by Gasteiger charge is -2.21. The van der Waals surface area contributed by atoms with E-state index in [9.17, 15) is 4.79 Å². The zero-order chi connectivity index (χ0) is 16.2. The molecule has 0 spiro atoms. The maximum absolute atomic E-state index is 11.7. The first kappa shape index (κ1) is 16.8. The van der Waals surface area contributed by atoms with Crippen LogP contribution in [0.3, 0.4) is 0 Å². The molecule has 1 aliphatic rings. The molecule has 0 aliphatic carbocycles. The first-order valence-electron chi connectivity index (χ1n) is 8.43. The summed E-state index contributed by atoms with van der Waals surface area (Å²) in [6.45, 7) is 8.82. The zero-order valence-electron chi connectivity index (χ0n) is 14.3. The van der Waals surface area contributed by atoms with E-state index in [1.165, 1.54) is 24.8 Å². The zero-order valence-corrected chi connectivity index (χ0v) is 14.3. The summed E-state index contributed by atoms with van der Waals surface area (Å²) in [6.07, 6.45) is 7.30. The van der Waals surface area contributed by atoms with Crippen molar-refractivity contribution in [3.63, 3.8) is 0 Å².